The molecule has 5 heteroatoms. The fourth-order valence-corrected chi connectivity index (χ4v) is 1.54. The van der Waals surface area contributed by atoms with E-state index >= 15 is 0 Å². The minimum Gasteiger partial charge on any atom is -0.508 e. The average Bonchev–Trinajstić information content (AvgIpc) is 2.26. The van der Waals surface area contributed by atoms with Gasteiger partial charge in [-0.1, -0.05) is 12.1 Å². The van der Waals surface area contributed by atoms with E-state index in [9.17, 15) is 9.59 Å². The van der Waals surface area contributed by atoms with Crippen LogP contribution in [0, 0.1) is 0 Å². The highest BCUT2D eigenvalue weighted by molar-refractivity contribution is 5.87. The zero-order valence-electron chi connectivity index (χ0n) is 9.75. The predicted octanol–water partition coefficient (Wildman–Crippen LogP) is 1.04. The first-order valence-electron chi connectivity index (χ1n) is 5.13. The number of benzene rings is 1. The van der Waals surface area contributed by atoms with Crippen LogP contribution in [-0.2, 0) is 9.59 Å². The standard InChI is InChI=1S/C12H15NO4/c1-13(2)12(17)10(7-11(15)16)8-3-5-9(14)6-4-8/h3-6,10,14H,7H2,1-2H3,(H,15,16). The van der Waals surface area contributed by atoms with Gasteiger partial charge in [0.15, 0.2) is 0 Å². The zero-order valence-corrected chi connectivity index (χ0v) is 9.75. The topological polar surface area (TPSA) is 77.8 Å². The van der Waals surface area contributed by atoms with Crippen LogP contribution in [0.4, 0.5) is 0 Å². The van der Waals surface area contributed by atoms with Crippen molar-refractivity contribution in [3.05, 3.63) is 29.8 Å². The molecule has 1 amide bonds. The Hall–Kier alpha value is -2.04. The third-order valence-corrected chi connectivity index (χ3v) is 2.41. The molecule has 0 aliphatic rings. The van der Waals surface area contributed by atoms with Crippen LogP contribution in [-0.4, -0.2) is 41.1 Å². The number of nitrogens with zero attached hydrogens (tertiary/aromatic N) is 1. The van der Waals surface area contributed by atoms with E-state index in [0.717, 1.165) is 0 Å². The van der Waals surface area contributed by atoms with Crippen LogP contribution in [0.3, 0.4) is 0 Å². The van der Waals surface area contributed by atoms with Crippen LogP contribution < -0.4 is 0 Å². The van der Waals surface area contributed by atoms with Crippen LogP contribution in [0.1, 0.15) is 17.9 Å². The molecule has 5 nitrogen and oxygen atoms in total. The fraction of sp³-hybridized carbons (Fsp3) is 0.333. The maximum Gasteiger partial charge on any atom is 0.304 e. The van der Waals surface area contributed by atoms with E-state index in [0.29, 0.717) is 5.56 Å². The quantitative estimate of drug-likeness (QED) is 0.820. The van der Waals surface area contributed by atoms with Crippen molar-refractivity contribution in [1.82, 2.24) is 4.90 Å². The molecule has 1 unspecified atom stereocenters. The van der Waals surface area contributed by atoms with Crippen molar-refractivity contribution >= 4 is 11.9 Å². The highest BCUT2D eigenvalue weighted by Gasteiger charge is 2.24. The van der Waals surface area contributed by atoms with Gasteiger partial charge in [-0.2, -0.15) is 0 Å². The summed E-state index contributed by atoms with van der Waals surface area (Å²) in [6, 6.07) is 5.99. The Balaban J connectivity index is 3.01. The monoisotopic (exact) mass is 237 g/mol. The van der Waals surface area contributed by atoms with E-state index in [1.54, 1.807) is 26.2 Å². The molecular formula is C12H15NO4. The molecule has 0 saturated carbocycles. The number of hydrogen-bond donors (Lipinski definition) is 2. The lowest BCUT2D eigenvalue weighted by Gasteiger charge is -2.19. The van der Waals surface area contributed by atoms with Crippen molar-refractivity contribution in [2.24, 2.45) is 0 Å². The lowest BCUT2D eigenvalue weighted by Crippen LogP contribution is -2.29. The summed E-state index contributed by atoms with van der Waals surface area (Å²) in [6.45, 7) is 0. The van der Waals surface area contributed by atoms with E-state index in [1.165, 1.54) is 17.0 Å². The summed E-state index contributed by atoms with van der Waals surface area (Å²) in [5.74, 6) is -1.93. The third-order valence-electron chi connectivity index (χ3n) is 2.41. The van der Waals surface area contributed by atoms with Gasteiger partial charge in [-0.25, -0.2) is 0 Å². The number of phenolic OH excluding ortho intramolecular Hbond substituents is 1. The van der Waals surface area contributed by atoms with Gasteiger partial charge in [0.05, 0.1) is 12.3 Å². The van der Waals surface area contributed by atoms with Crippen molar-refractivity contribution in [3.8, 4) is 5.75 Å². The molecule has 17 heavy (non-hydrogen) atoms. The molecule has 1 aromatic carbocycles. The van der Waals surface area contributed by atoms with Crippen molar-refractivity contribution in [2.45, 2.75) is 12.3 Å². The largest absolute Gasteiger partial charge is 0.508 e. The molecule has 1 atom stereocenters. The lowest BCUT2D eigenvalue weighted by atomic mass is 9.94. The Morgan fingerprint density at radius 2 is 1.76 bits per heavy atom. The van der Waals surface area contributed by atoms with Gasteiger partial charge in [0, 0.05) is 14.1 Å². The lowest BCUT2D eigenvalue weighted by molar-refractivity contribution is -0.141. The van der Waals surface area contributed by atoms with Crippen LogP contribution in [0.2, 0.25) is 0 Å². The highest BCUT2D eigenvalue weighted by atomic mass is 16.4. The van der Waals surface area contributed by atoms with Crippen LogP contribution >= 0.6 is 0 Å². The van der Waals surface area contributed by atoms with Gasteiger partial charge in [0.1, 0.15) is 5.75 Å². The Morgan fingerprint density at radius 1 is 1.24 bits per heavy atom. The maximum absolute atomic E-state index is 11.9. The number of hydrogen-bond acceptors (Lipinski definition) is 3. The Kier molecular flexibility index (Phi) is 4.09. The molecule has 0 saturated heterocycles. The normalized spacial score (nSPS) is 11.9. The second kappa shape index (κ2) is 5.34. The zero-order chi connectivity index (χ0) is 13.0. The SMILES string of the molecule is CN(C)C(=O)C(CC(=O)O)c1ccc(O)cc1. The second-order valence-corrected chi connectivity index (χ2v) is 3.97. The van der Waals surface area contributed by atoms with Crippen molar-refractivity contribution in [3.63, 3.8) is 0 Å². The maximum atomic E-state index is 11.9. The summed E-state index contributed by atoms with van der Waals surface area (Å²) in [5, 5.41) is 18.0. The van der Waals surface area contributed by atoms with Gasteiger partial charge in [0.25, 0.3) is 0 Å². The number of aliphatic carboxylic acids is 1. The summed E-state index contributed by atoms with van der Waals surface area (Å²) < 4.78 is 0. The van der Waals surface area contributed by atoms with Gasteiger partial charge < -0.3 is 15.1 Å². The summed E-state index contributed by atoms with van der Waals surface area (Å²) >= 11 is 0. The minimum atomic E-state index is -1.03. The number of amides is 1. The molecule has 0 aliphatic carbocycles. The van der Waals surface area contributed by atoms with E-state index in [4.69, 9.17) is 10.2 Å². The Labute approximate surface area is 99.3 Å². The van der Waals surface area contributed by atoms with Crippen LogP contribution in [0.25, 0.3) is 0 Å². The van der Waals surface area contributed by atoms with Gasteiger partial charge >= 0.3 is 5.97 Å². The molecule has 0 aliphatic heterocycles. The molecule has 1 aromatic rings. The van der Waals surface area contributed by atoms with E-state index < -0.39 is 11.9 Å². The van der Waals surface area contributed by atoms with Gasteiger partial charge in [-0.15, -0.1) is 0 Å². The fourth-order valence-electron chi connectivity index (χ4n) is 1.54. The summed E-state index contributed by atoms with van der Waals surface area (Å²) in [6.07, 6.45) is -0.262. The second-order valence-electron chi connectivity index (χ2n) is 3.97. The predicted molar refractivity (Wildman–Crippen MR) is 61.8 cm³/mol. The molecule has 0 radical (unpaired) electrons. The number of carboxylic acid groups (broad SMARTS) is 1. The number of aromatic hydroxyl groups is 1. The molecule has 1 rings (SSSR count). The minimum absolute atomic E-state index is 0.0835. The first kappa shape index (κ1) is 13.0. The number of likely N-dealkylation sites (N-methyl/N-ethyl adjacent to an activating group) is 1. The molecule has 2 N–H and O–H groups in total. The van der Waals surface area contributed by atoms with Crippen molar-refractivity contribution in [1.29, 1.82) is 0 Å². The summed E-state index contributed by atoms with van der Waals surface area (Å²) in [5.41, 5.74) is 0.587. The summed E-state index contributed by atoms with van der Waals surface area (Å²) in [4.78, 5) is 24.0. The van der Waals surface area contributed by atoms with Gasteiger partial charge in [0.2, 0.25) is 5.91 Å². The van der Waals surface area contributed by atoms with Crippen LogP contribution in [0.15, 0.2) is 24.3 Å². The molecule has 0 heterocycles. The molecule has 0 spiro atoms. The number of carbonyl (C=O) groups excluding carboxylic acids is 1. The molecule has 0 fully saturated rings. The van der Waals surface area contributed by atoms with E-state index in [2.05, 4.69) is 0 Å². The van der Waals surface area contributed by atoms with Gasteiger partial charge in [-0.05, 0) is 17.7 Å². The smallest absolute Gasteiger partial charge is 0.304 e. The van der Waals surface area contributed by atoms with Gasteiger partial charge in [-0.3, -0.25) is 9.59 Å². The molecule has 92 valence electrons. The Bertz CT molecular complexity index is 411. The number of rotatable bonds is 4. The van der Waals surface area contributed by atoms with Crippen molar-refractivity contribution < 1.29 is 19.8 Å². The number of carboxylic acids is 1. The number of carbonyl (C=O) groups is 2. The van der Waals surface area contributed by atoms with Crippen molar-refractivity contribution in [2.75, 3.05) is 14.1 Å². The first-order valence-corrected chi connectivity index (χ1v) is 5.13. The third kappa shape index (κ3) is 3.48. The first-order chi connectivity index (χ1) is 7.91. The summed E-state index contributed by atoms with van der Waals surface area (Å²) in [7, 11) is 3.16. The highest BCUT2D eigenvalue weighted by Crippen LogP contribution is 2.23. The average molecular weight is 237 g/mol. The van der Waals surface area contributed by atoms with Crippen LogP contribution in [0.5, 0.6) is 5.75 Å². The number of phenols is 1. The molecular weight excluding hydrogens is 222 g/mol. The molecule has 0 aromatic heterocycles. The molecule has 0 bridgehead atoms. The van der Waals surface area contributed by atoms with E-state index in [-0.39, 0.29) is 18.1 Å². The Morgan fingerprint density at radius 3 is 2.18 bits per heavy atom. The van der Waals surface area contributed by atoms with E-state index in [1.807, 2.05) is 0 Å².